The maximum Gasteiger partial charge on any atom is 0.213 e. The lowest BCUT2D eigenvalue weighted by Crippen LogP contribution is -2.39. The average molecular weight is 478 g/mol. The van der Waals surface area contributed by atoms with Crippen molar-refractivity contribution in [2.24, 2.45) is 12.0 Å². The zero-order chi connectivity index (χ0) is 17.4. The largest absolute Gasteiger partial charge is 0.476 e. The Balaban J connectivity index is 0.00000312. The molecule has 2 rings (SSSR count). The van der Waals surface area contributed by atoms with Gasteiger partial charge in [-0.15, -0.1) is 24.0 Å². The van der Waals surface area contributed by atoms with E-state index in [-0.39, 0.29) is 24.0 Å². The Morgan fingerprint density at radius 2 is 2.20 bits per heavy atom. The van der Waals surface area contributed by atoms with Crippen LogP contribution in [0.25, 0.3) is 0 Å². The summed E-state index contributed by atoms with van der Waals surface area (Å²) in [5.41, 5.74) is 1.23. The molecule has 0 spiro atoms. The number of nitrogens with zero attached hydrogens (tertiary/aromatic N) is 4. The van der Waals surface area contributed by atoms with Crippen molar-refractivity contribution in [2.45, 2.75) is 13.5 Å². The smallest absolute Gasteiger partial charge is 0.213 e. The lowest BCUT2D eigenvalue weighted by molar-refractivity contribution is 0.315. The summed E-state index contributed by atoms with van der Waals surface area (Å²) < 4.78 is 7.67. The summed E-state index contributed by atoms with van der Waals surface area (Å²) in [4.78, 5) is 10.8. The average Bonchev–Trinajstić information content (AvgIpc) is 2.97. The number of hydrogen-bond acceptors (Lipinski definition) is 3. The third-order valence-electron chi connectivity index (χ3n) is 3.45. The molecule has 0 bridgehead atoms. The second-order valence-electron chi connectivity index (χ2n) is 5.37. The van der Waals surface area contributed by atoms with Crippen molar-refractivity contribution < 1.29 is 4.74 Å². The maximum absolute atomic E-state index is 5.80. The van der Waals surface area contributed by atoms with Crippen molar-refractivity contribution in [3.8, 4) is 5.88 Å². The van der Waals surface area contributed by atoms with Crippen LogP contribution in [0.5, 0.6) is 5.88 Å². The molecule has 0 aliphatic heterocycles. The van der Waals surface area contributed by atoms with Gasteiger partial charge >= 0.3 is 0 Å². The Morgan fingerprint density at radius 1 is 1.40 bits per heavy atom. The third kappa shape index (κ3) is 7.11. The standard InChI is InChI=1S/C17H24ClN5O.HI/c1-4-19-17(23(3)13-15-6-5-10-22(15)2)20-9-11-24-16-8-7-14(18)12-21-16;/h5-8,10,12H,4,9,11,13H2,1-3H3,(H,19,20);1H. The molecule has 0 amide bonds. The lowest BCUT2D eigenvalue weighted by atomic mass is 10.4. The Kier molecular flexibility index (Phi) is 9.66. The summed E-state index contributed by atoms with van der Waals surface area (Å²) in [7, 11) is 4.07. The zero-order valence-electron chi connectivity index (χ0n) is 14.8. The van der Waals surface area contributed by atoms with Crippen molar-refractivity contribution >= 4 is 41.5 Å². The minimum absolute atomic E-state index is 0. The molecule has 0 aliphatic carbocycles. The van der Waals surface area contributed by atoms with Gasteiger partial charge in [-0.05, 0) is 25.1 Å². The summed E-state index contributed by atoms with van der Waals surface area (Å²) in [5.74, 6) is 1.41. The van der Waals surface area contributed by atoms with E-state index in [1.54, 1.807) is 18.3 Å². The van der Waals surface area contributed by atoms with Crippen LogP contribution < -0.4 is 10.1 Å². The second-order valence-corrected chi connectivity index (χ2v) is 5.80. The van der Waals surface area contributed by atoms with E-state index in [0.29, 0.717) is 24.1 Å². The van der Waals surface area contributed by atoms with Crippen molar-refractivity contribution in [3.05, 3.63) is 47.4 Å². The predicted molar refractivity (Wildman–Crippen MR) is 113 cm³/mol. The number of aromatic nitrogens is 2. The second kappa shape index (κ2) is 11.2. The number of nitrogens with one attached hydrogen (secondary N) is 1. The molecule has 0 saturated carbocycles. The molecule has 6 nitrogen and oxygen atoms in total. The first-order valence-electron chi connectivity index (χ1n) is 7.94. The van der Waals surface area contributed by atoms with Crippen molar-refractivity contribution in [3.63, 3.8) is 0 Å². The number of pyridine rings is 1. The topological polar surface area (TPSA) is 54.7 Å². The Bertz CT molecular complexity index is 659. The van der Waals surface area contributed by atoms with Gasteiger partial charge in [0, 0.05) is 44.8 Å². The summed E-state index contributed by atoms with van der Waals surface area (Å²) in [5, 5.41) is 3.89. The van der Waals surface area contributed by atoms with E-state index in [1.807, 2.05) is 26.4 Å². The van der Waals surface area contributed by atoms with Gasteiger partial charge in [0.05, 0.1) is 18.1 Å². The molecule has 0 aromatic carbocycles. The van der Waals surface area contributed by atoms with Crippen LogP contribution in [0.15, 0.2) is 41.7 Å². The molecule has 0 saturated heterocycles. The molecule has 138 valence electrons. The first-order chi connectivity index (χ1) is 11.6. The van der Waals surface area contributed by atoms with Crippen LogP contribution in [0.4, 0.5) is 0 Å². The minimum atomic E-state index is 0. The highest BCUT2D eigenvalue weighted by Gasteiger charge is 2.08. The molecular formula is C17H25ClIN5O. The molecular weight excluding hydrogens is 453 g/mol. The fraction of sp³-hybridized carbons (Fsp3) is 0.412. The fourth-order valence-corrected chi connectivity index (χ4v) is 2.31. The van der Waals surface area contributed by atoms with E-state index in [1.165, 1.54) is 5.69 Å². The Hall–Kier alpha value is -1.48. The molecule has 0 fully saturated rings. The van der Waals surface area contributed by atoms with Crippen LogP contribution in [0, 0.1) is 0 Å². The monoisotopic (exact) mass is 477 g/mol. The van der Waals surface area contributed by atoms with E-state index in [0.717, 1.165) is 19.0 Å². The van der Waals surface area contributed by atoms with Crippen LogP contribution in [-0.2, 0) is 13.6 Å². The first-order valence-corrected chi connectivity index (χ1v) is 8.32. The Labute approximate surface area is 171 Å². The molecule has 2 aromatic rings. The number of aliphatic imine (C=N–C) groups is 1. The fourth-order valence-electron chi connectivity index (χ4n) is 2.20. The Morgan fingerprint density at radius 3 is 2.80 bits per heavy atom. The molecule has 2 aromatic heterocycles. The van der Waals surface area contributed by atoms with Crippen molar-refractivity contribution in [2.75, 3.05) is 26.7 Å². The lowest BCUT2D eigenvalue weighted by Gasteiger charge is -2.22. The molecule has 25 heavy (non-hydrogen) atoms. The van der Waals surface area contributed by atoms with Crippen LogP contribution >= 0.6 is 35.6 Å². The SMILES string of the molecule is CCNC(=NCCOc1ccc(Cl)cn1)N(C)Cc1cccn1C.I. The third-order valence-corrected chi connectivity index (χ3v) is 3.67. The quantitative estimate of drug-likeness (QED) is 0.288. The molecule has 8 heteroatoms. The van der Waals surface area contributed by atoms with Crippen molar-refractivity contribution in [1.82, 2.24) is 19.8 Å². The number of rotatable bonds is 7. The van der Waals surface area contributed by atoms with Gasteiger partial charge in [0.25, 0.3) is 0 Å². The van der Waals surface area contributed by atoms with Gasteiger partial charge < -0.3 is 19.5 Å². The van der Waals surface area contributed by atoms with E-state index < -0.39 is 0 Å². The van der Waals surface area contributed by atoms with Gasteiger partial charge in [0.1, 0.15) is 6.61 Å². The van der Waals surface area contributed by atoms with Crippen LogP contribution in [0.1, 0.15) is 12.6 Å². The highest BCUT2D eigenvalue weighted by molar-refractivity contribution is 14.0. The number of guanidine groups is 1. The maximum atomic E-state index is 5.80. The van der Waals surface area contributed by atoms with Gasteiger partial charge in [0.15, 0.2) is 5.96 Å². The summed E-state index contributed by atoms with van der Waals surface area (Å²) in [6.07, 6.45) is 3.61. The summed E-state index contributed by atoms with van der Waals surface area (Å²) >= 11 is 5.80. The molecule has 2 heterocycles. The highest BCUT2D eigenvalue weighted by atomic mass is 127. The van der Waals surface area contributed by atoms with Crippen LogP contribution in [0.2, 0.25) is 5.02 Å². The number of ether oxygens (including phenoxy) is 1. The highest BCUT2D eigenvalue weighted by Crippen LogP contribution is 2.11. The van der Waals surface area contributed by atoms with Gasteiger partial charge in [-0.3, -0.25) is 0 Å². The van der Waals surface area contributed by atoms with Gasteiger partial charge in [-0.2, -0.15) is 0 Å². The summed E-state index contributed by atoms with van der Waals surface area (Å²) in [6.45, 7) is 4.66. The van der Waals surface area contributed by atoms with E-state index in [9.17, 15) is 0 Å². The van der Waals surface area contributed by atoms with E-state index in [4.69, 9.17) is 16.3 Å². The molecule has 0 unspecified atom stereocenters. The van der Waals surface area contributed by atoms with E-state index >= 15 is 0 Å². The molecule has 0 radical (unpaired) electrons. The van der Waals surface area contributed by atoms with E-state index in [2.05, 4.69) is 37.8 Å². The first kappa shape index (κ1) is 21.6. The number of hydrogen-bond donors (Lipinski definition) is 1. The van der Waals surface area contributed by atoms with Crippen molar-refractivity contribution in [1.29, 1.82) is 0 Å². The molecule has 1 N–H and O–H groups in total. The summed E-state index contributed by atoms with van der Waals surface area (Å²) in [6, 6.07) is 7.65. The van der Waals surface area contributed by atoms with Crippen LogP contribution in [-0.4, -0.2) is 47.2 Å². The minimum Gasteiger partial charge on any atom is -0.476 e. The van der Waals surface area contributed by atoms with Gasteiger partial charge in [-0.1, -0.05) is 11.6 Å². The number of aryl methyl sites for hydroxylation is 1. The van der Waals surface area contributed by atoms with Gasteiger partial charge in [0.2, 0.25) is 5.88 Å². The predicted octanol–water partition coefficient (Wildman–Crippen LogP) is 3.17. The number of halogens is 2. The molecule has 0 aliphatic rings. The normalized spacial score (nSPS) is 11.0. The zero-order valence-corrected chi connectivity index (χ0v) is 17.9. The van der Waals surface area contributed by atoms with Crippen LogP contribution in [0.3, 0.4) is 0 Å². The van der Waals surface area contributed by atoms with Gasteiger partial charge in [-0.25, -0.2) is 9.98 Å². The molecule has 0 atom stereocenters.